The van der Waals surface area contributed by atoms with E-state index in [0.29, 0.717) is 5.56 Å². The monoisotopic (exact) mass is 266 g/mol. The molecule has 1 nitrogen and oxygen atoms in total. The zero-order valence-corrected chi connectivity index (χ0v) is 10.3. The summed E-state index contributed by atoms with van der Waals surface area (Å²) in [5.74, 6) is -1.82. The highest BCUT2D eigenvalue weighted by Gasteiger charge is 2.18. The van der Waals surface area contributed by atoms with Gasteiger partial charge in [-0.05, 0) is 36.8 Å². The summed E-state index contributed by atoms with van der Waals surface area (Å²) < 4.78 is 26.9. The van der Waals surface area contributed by atoms with Crippen molar-refractivity contribution in [1.82, 2.24) is 0 Å². The molecule has 2 rings (SSSR count). The van der Waals surface area contributed by atoms with Gasteiger partial charge in [0.05, 0.1) is 10.6 Å². The molecule has 0 atom stereocenters. The molecular weight excluding hydrogens is 258 g/mol. The third kappa shape index (κ3) is 2.27. The molecular formula is C14H9ClF2O. The summed E-state index contributed by atoms with van der Waals surface area (Å²) in [4.78, 5) is 12.1. The molecule has 0 unspecified atom stereocenters. The molecule has 0 aromatic heterocycles. The van der Waals surface area contributed by atoms with Gasteiger partial charge in [-0.3, -0.25) is 4.79 Å². The number of carbonyl (C=O) groups is 1. The van der Waals surface area contributed by atoms with Crippen molar-refractivity contribution in [2.75, 3.05) is 0 Å². The fourth-order valence-corrected chi connectivity index (χ4v) is 1.84. The van der Waals surface area contributed by atoms with Crippen molar-refractivity contribution in [2.45, 2.75) is 6.92 Å². The standard InChI is InChI=1S/C14H9ClF2O/c1-8-3-2-4-10(13(8)17)14(18)11-7-9(16)5-6-12(11)15/h2-7H,1H3. The van der Waals surface area contributed by atoms with Crippen molar-refractivity contribution in [1.29, 1.82) is 0 Å². The maximum absolute atomic E-state index is 13.8. The van der Waals surface area contributed by atoms with E-state index in [9.17, 15) is 13.6 Å². The van der Waals surface area contributed by atoms with Gasteiger partial charge in [0.15, 0.2) is 5.78 Å². The summed E-state index contributed by atoms with van der Waals surface area (Å²) in [7, 11) is 0. The predicted molar refractivity (Wildman–Crippen MR) is 66.0 cm³/mol. The van der Waals surface area contributed by atoms with Gasteiger partial charge in [-0.1, -0.05) is 23.7 Å². The highest BCUT2D eigenvalue weighted by atomic mass is 35.5. The van der Waals surface area contributed by atoms with Crippen molar-refractivity contribution in [3.8, 4) is 0 Å². The van der Waals surface area contributed by atoms with Crippen LogP contribution >= 0.6 is 11.6 Å². The molecule has 0 aliphatic heterocycles. The highest BCUT2D eigenvalue weighted by Crippen LogP contribution is 2.22. The Morgan fingerprint density at radius 2 is 1.83 bits per heavy atom. The van der Waals surface area contributed by atoms with E-state index in [-0.39, 0.29) is 16.1 Å². The molecule has 0 N–H and O–H groups in total. The van der Waals surface area contributed by atoms with Crippen molar-refractivity contribution >= 4 is 17.4 Å². The van der Waals surface area contributed by atoms with Crippen molar-refractivity contribution in [3.63, 3.8) is 0 Å². The van der Waals surface area contributed by atoms with Gasteiger partial charge in [-0.15, -0.1) is 0 Å². The van der Waals surface area contributed by atoms with Gasteiger partial charge in [-0.2, -0.15) is 0 Å². The minimum absolute atomic E-state index is 0.0406. The molecule has 0 aliphatic rings. The van der Waals surface area contributed by atoms with Gasteiger partial charge in [-0.25, -0.2) is 8.78 Å². The van der Waals surface area contributed by atoms with Crippen LogP contribution in [0.4, 0.5) is 8.78 Å². The Balaban J connectivity index is 2.55. The summed E-state index contributed by atoms with van der Waals surface area (Å²) in [5, 5.41) is 0.0994. The largest absolute Gasteiger partial charge is 0.288 e. The molecule has 2 aromatic carbocycles. The van der Waals surface area contributed by atoms with Gasteiger partial charge < -0.3 is 0 Å². The molecule has 0 aliphatic carbocycles. The van der Waals surface area contributed by atoms with Gasteiger partial charge in [0.2, 0.25) is 0 Å². The van der Waals surface area contributed by atoms with Crippen LogP contribution in [-0.2, 0) is 0 Å². The molecule has 0 fully saturated rings. The Morgan fingerprint density at radius 1 is 1.11 bits per heavy atom. The quantitative estimate of drug-likeness (QED) is 0.746. The molecule has 0 radical (unpaired) electrons. The van der Waals surface area contributed by atoms with E-state index in [4.69, 9.17) is 11.6 Å². The van der Waals surface area contributed by atoms with E-state index in [1.54, 1.807) is 19.1 Å². The maximum atomic E-state index is 13.8. The fraction of sp³-hybridized carbons (Fsp3) is 0.0714. The fourth-order valence-electron chi connectivity index (χ4n) is 1.64. The average Bonchev–Trinajstić information content (AvgIpc) is 2.35. The minimum Gasteiger partial charge on any atom is -0.288 e. The topological polar surface area (TPSA) is 17.1 Å². The number of aryl methyl sites for hydroxylation is 1. The second-order valence-electron chi connectivity index (χ2n) is 3.89. The number of halogens is 3. The Bertz CT molecular complexity index is 619. The first kappa shape index (κ1) is 12.7. The van der Waals surface area contributed by atoms with E-state index in [2.05, 4.69) is 0 Å². The van der Waals surface area contributed by atoms with Crippen LogP contribution in [0.15, 0.2) is 36.4 Å². The normalized spacial score (nSPS) is 10.4. The van der Waals surface area contributed by atoms with Crippen LogP contribution in [0.5, 0.6) is 0 Å². The van der Waals surface area contributed by atoms with Gasteiger partial charge in [0.1, 0.15) is 11.6 Å². The number of hydrogen-bond donors (Lipinski definition) is 0. The van der Waals surface area contributed by atoms with E-state index in [1.807, 2.05) is 0 Å². The van der Waals surface area contributed by atoms with Crippen LogP contribution in [-0.4, -0.2) is 5.78 Å². The van der Waals surface area contributed by atoms with Gasteiger partial charge >= 0.3 is 0 Å². The zero-order valence-electron chi connectivity index (χ0n) is 9.51. The number of rotatable bonds is 2. The van der Waals surface area contributed by atoms with E-state index < -0.39 is 17.4 Å². The number of hydrogen-bond acceptors (Lipinski definition) is 1. The predicted octanol–water partition coefficient (Wildman–Crippen LogP) is 4.16. The molecule has 4 heteroatoms. The van der Waals surface area contributed by atoms with Crippen LogP contribution in [0.1, 0.15) is 21.5 Å². The van der Waals surface area contributed by atoms with Crippen molar-refractivity contribution in [2.24, 2.45) is 0 Å². The Hall–Kier alpha value is -1.74. The zero-order chi connectivity index (χ0) is 13.3. The lowest BCUT2D eigenvalue weighted by Gasteiger charge is -2.06. The van der Waals surface area contributed by atoms with Crippen LogP contribution in [0, 0.1) is 18.6 Å². The number of ketones is 1. The molecule has 0 saturated heterocycles. The molecule has 2 aromatic rings. The molecule has 0 saturated carbocycles. The van der Waals surface area contributed by atoms with Crippen molar-refractivity contribution < 1.29 is 13.6 Å². The van der Waals surface area contributed by atoms with Gasteiger partial charge in [0, 0.05) is 5.56 Å². The highest BCUT2D eigenvalue weighted by molar-refractivity contribution is 6.35. The summed E-state index contributed by atoms with van der Waals surface area (Å²) in [6, 6.07) is 7.90. The summed E-state index contributed by atoms with van der Waals surface area (Å²) >= 11 is 5.82. The lowest BCUT2D eigenvalue weighted by atomic mass is 10.0. The van der Waals surface area contributed by atoms with Crippen LogP contribution in [0.2, 0.25) is 5.02 Å². The third-order valence-corrected chi connectivity index (χ3v) is 2.94. The second-order valence-corrected chi connectivity index (χ2v) is 4.30. The lowest BCUT2D eigenvalue weighted by molar-refractivity contribution is 0.103. The minimum atomic E-state index is -0.624. The smallest absolute Gasteiger partial charge is 0.197 e. The molecule has 0 amide bonds. The Kier molecular flexibility index (Phi) is 3.43. The molecule has 0 heterocycles. The van der Waals surface area contributed by atoms with Crippen LogP contribution in [0.25, 0.3) is 0 Å². The molecule has 0 spiro atoms. The third-order valence-electron chi connectivity index (χ3n) is 2.61. The van der Waals surface area contributed by atoms with Crippen molar-refractivity contribution in [3.05, 3.63) is 69.7 Å². The Labute approximate surface area is 108 Å². The van der Waals surface area contributed by atoms with E-state index >= 15 is 0 Å². The van der Waals surface area contributed by atoms with E-state index in [0.717, 1.165) is 12.1 Å². The average molecular weight is 267 g/mol. The molecule has 92 valence electrons. The molecule has 18 heavy (non-hydrogen) atoms. The van der Waals surface area contributed by atoms with Crippen LogP contribution < -0.4 is 0 Å². The SMILES string of the molecule is Cc1cccc(C(=O)c2cc(F)ccc2Cl)c1F. The Morgan fingerprint density at radius 3 is 2.56 bits per heavy atom. The summed E-state index contributed by atoms with van der Waals surface area (Å²) in [5.41, 5.74) is 0.206. The first-order valence-corrected chi connectivity index (χ1v) is 5.63. The maximum Gasteiger partial charge on any atom is 0.197 e. The second kappa shape index (κ2) is 4.86. The number of benzene rings is 2. The van der Waals surface area contributed by atoms with E-state index in [1.165, 1.54) is 12.1 Å². The first-order chi connectivity index (χ1) is 8.50. The van der Waals surface area contributed by atoms with Crippen LogP contribution in [0.3, 0.4) is 0 Å². The number of carbonyl (C=O) groups excluding carboxylic acids is 1. The molecule has 0 bridgehead atoms. The van der Waals surface area contributed by atoms with Gasteiger partial charge in [0.25, 0.3) is 0 Å². The first-order valence-electron chi connectivity index (χ1n) is 5.25. The lowest BCUT2D eigenvalue weighted by Crippen LogP contribution is -2.06. The summed E-state index contributed by atoms with van der Waals surface area (Å²) in [6.07, 6.45) is 0. The summed E-state index contributed by atoms with van der Waals surface area (Å²) in [6.45, 7) is 1.55.